The summed E-state index contributed by atoms with van der Waals surface area (Å²) in [7, 11) is 0. The van der Waals surface area contributed by atoms with Gasteiger partial charge in [-0.15, -0.1) is 11.3 Å². The van der Waals surface area contributed by atoms with Crippen LogP contribution in [-0.2, 0) is 4.79 Å². The molecule has 1 fully saturated rings. The Morgan fingerprint density at radius 1 is 1.23 bits per heavy atom. The van der Waals surface area contributed by atoms with Crippen LogP contribution in [0.25, 0.3) is 0 Å². The van der Waals surface area contributed by atoms with Gasteiger partial charge in [-0.1, -0.05) is 27.7 Å². The summed E-state index contributed by atoms with van der Waals surface area (Å²) in [6, 6.07) is 2.12. The lowest BCUT2D eigenvalue weighted by atomic mass is 10.0. The fourth-order valence-electron chi connectivity index (χ4n) is 3.37. The molecule has 0 saturated heterocycles. The third kappa shape index (κ3) is 2.83. The zero-order chi connectivity index (χ0) is 16.7. The first-order valence-corrected chi connectivity index (χ1v) is 8.95. The van der Waals surface area contributed by atoms with E-state index in [9.17, 15) is 4.79 Å². The molecule has 124 valence electrons. The van der Waals surface area contributed by atoms with Gasteiger partial charge in [0.2, 0.25) is 5.91 Å². The maximum Gasteiger partial charge on any atom is 0.231 e. The number of rotatable bonds is 6. The largest absolute Gasteiger partial charge is 0.396 e. The summed E-state index contributed by atoms with van der Waals surface area (Å²) in [5.74, 6) is 0.325. The van der Waals surface area contributed by atoms with Crippen molar-refractivity contribution in [2.24, 2.45) is 16.7 Å². The number of thiophene rings is 1. The molecule has 1 N–H and O–H groups in total. The number of hydrogen-bond acceptors (Lipinski definition) is 3. The van der Waals surface area contributed by atoms with Gasteiger partial charge >= 0.3 is 0 Å². The van der Waals surface area contributed by atoms with Crippen LogP contribution in [0.1, 0.15) is 51.0 Å². The third-order valence-corrected chi connectivity index (χ3v) is 6.92. The van der Waals surface area contributed by atoms with E-state index in [0.717, 1.165) is 17.8 Å². The van der Waals surface area contributed by atoms with Gasteiger partial charge in [0.1, 0.15) is 0 Å². The molecule has 2 rings (SSSR count). The number of carbonyl (C=O) groups excluding carboxylic acids is 1. The normalized spacial score (nSPS) is 19.2. The second-order valence-electron chi connectivity index (χ2n) is 7.62. The van der Waals surface area contributed by atoms with Gasteiger partial charge in [0.05, 0.1) is 5.00 Å². The van der Waals surface area contributed by atoms with Gasteiger partial charge in [0.25, 0.3) is 0 Å². The number of carbonyl (C=O) groups is 1. The minimum absolute atomic E-state index is 0.0562. The Kier molecular flexibility index (Phi) is 4.74. The van der Waals surface area contributed by atoms with E-state index in [0.29, 0.717) is 6.54 Å². The number of aryl methyl sites for hydroxylation is 2. The van der Waals surface area contributed by atoms with Gasteiger partial charge in [0, 0.05) is 23.9 Å². The monoisotopic (exact) mass is 323 g/mol. The molecule has 1 heterocycles. The molecule has 0 spiro atoms. The molecule has 3 nitrogen and oxygen atoms in total. The lowest BCUT2D eigenvalue weighted by Crippen LogP contribution is -2.34. The maximum atomic E-state index is 13.1. The molecule has 1 saturated carbocycles. The molecule has 1 aliphatic rings. The first-order chi connectivity index (χ1) is 10.1. The van der Waals surface area contributed by atoms with Gasteiger partial charge in [-0.05, 0) is 49.1 Å². The minimum atomic E-state index is 0.0562. The average molecular weight is 324 g/mol. The van der Waals surface area contributed by atoms with E-state index in [-0.39, 0.29) is 29.3 Å². The predicted octanol–water partition coefficient (Wildman–Crippen LogP) is 4.15. The molecule has 4 heteroatoms. The summed E-state index contributed by atoms with van der Waals surface area (Å²) >= 11 is 1.70. The fraction of sp³-hybridized carbons (Fsp3) is 0.722. The van der Waals surface area contributed by atoms with Gasteiger partial charge in [0.15, 0.2) is 0 Å². The number of unbranched alkanes of at least 4 members (excludes halogenated alkanes) is 1. The average Bonchev–Trinajstić information content (AvgIpc) is 2.65. The van der Waals surface area contributed by atoms with Crippen LogP contribution in [0, 0.1) is 30.6 Å². The van der Waals surface area contributed by atoms with Crippen molar-refractivity contribution in [3.63, 3.8) is 0 Å². The van der Waals surface area contributed by atoms with Crippen molar-refractivity contribution in [2.45, 2.75) is 54.4 Å². The second-order valence-corrected chi connectivity index (χ2v) is 8.86. The molecular weight excluding hydrogens is 294 g/mol. The van der Waals surface area contributed by atoms with E-state index < -0.39 is 0 Å². The fourth-order valence-corrected chi connectivity index (χ4v) is 4.43. The van der Waals surface area contributed by atoms with Crippen molar-refractivity contribution in [2.75, 3.05) is 18.1 Å². The van der Waals surface area contributed by atoms with Crippen molar-refractivity contribution < 1.29 is 9.90 Å². The molecule has 1 aromatic rings. The van der Waals surface area contributed by atoms with Crippen LogP contribution in [0.5, 0.6) is 0 Å². The van der Waals surface area contributed by atoms with E-state index in [4.69, 9.17) is 5.11 Å². The van der Waals surface area contributed by atoms with Crippen LogP contribution in [0.2, 0.25) is 0 Å². The lowest BCUT2D eigenvalue weighted by Gasteiger charge is -2.22. The zero-order valence-electron chi connectivity index (χ0n) is 14.7. The van der Waals surface area contributed by atoms with Crippen LogP contribution in [0.15, 0.2) is 6.07 Å². The van der Waals surface area contributed by atoms with Crippen molar-refractivity contribution in [1.82, 2.24) is 0 Å². The second kappa shape index (κ2) is 5.97. The number of aliphatic hydroxyl groups is 1. The molecule has 0 bridgehead atoms. The van der Waals surface area contributed by atoms with Crippen molar-refractivity contribution in [3.8, 4) is 0 Å². The molecule has 0 aromatic carbocycles. The van der Waals surface area contributed by atoms with Crippen molar-refractivity contribution >= 4 is 22.2 Å². The molecule has 0 radical (unpaired) electrons. The van der Waals surface area contributed by atoms with Gasteiger partial charge in [-0.3, -0.25) is 4.79 Å². The highest BCUT2D eigenvalue weighted by Crippen LogP contribution is 2.69. The first-order valence-electron chi connectivity index (χ1n) is 8.14. The molecule has 0 aliphatic heterocycles. The summed E-state index contributed by atoms with van der Waals surface area (Å²) in [4.78, 5) is 16.3. The predicted molar refractivity (Wildman–Crippen MR) is 93.5 cm³/mol. The van der Waals surface area contributed by atoms with E-state index in [1.54, 1.807) is 11.3 Å². The van der Waals surface area contributed by atoms with Gasteiger partial charge in [-0.25, -0.2) is 0 Å². The third-order valence-electron chi connectivity index (χ3n) is 5.74. The molecule has 1 aromatic heterocycles. The number of amides is 1. The summed E-state index contributed by atoms with van der Waals surface area (Å²) in [5, 5.41) is 10.1. The summed E-state index contributed by atoms with van der Waals surface area (Å²) < 4.78 is 0. The SMILES string of the molecule is Cc1cc(N(CCCCO)C(=O)C2C(C)(C)C2(C)C)sc1C. The molecule has 22 heavy (non-hydrogen) atoms. The summed E-state index contributed by atoms with van der Waals surface area (Å²) in [5.41, 5.74) is 1.36. The highest BCUT2D eigenvalue weighted by atomic mass is 32.1. The molecule has 0 unspecified atom stereocenters. The van der Waals surface area contributed by atoms with E-state index in [1.165, 1.54) is 10.4 Å². The van der Waals surface area contributed by atoms with Crippen LogP contribution in [-0.4, -0.2) is 24.2 Å². The quantitative estimate of drug-likeness (QED) is 0.799. The number of aliphatic hydroxyl groups excluding tert-OH is 1. The maximum absolute atomic E-state index is 13.1. The lowest BCUT2D eigenvalue weighted by molar-refractivity contribution is -0.120. The van der Waals surface area contributed by atoms with E-state index in [1.807, 2.05) is 4.90 Å². The molecular formula is C18H29NO2S. The van der Waals surface area contributed by atoms with Crippen LogP contribution < -0.4 is 4.90 Å². The van der Waals surface area contributed by atoms with Crippen LogP contribution in [0.4, 0.5) is 5.00 Å². The first kappa shape index (κ1) is 17.5. The molecule has 0 atom stereocenters. The Hall–Kier alpha value is -0.870. The Labute approximate surface area is 138 Å². The zero-order valence-corrected chi connectivity index (χ0v) is 15.5. The molecule has 1 amide bonds. The van der Waals surface area contributed by atoms with Gasteiger partial charge < -0.3 is 10.0 Å². The Morgan fingerprint density at radius 2 is 1.82 bits per heavy atom. The topological polar surface area (TPSA) is 40.5 Å². The standard InChI is InChI=1S/C18H29NO2S/c1-12-11-14(22-13(12)2)19(9-7-8-10-20)16(21)15-17(3,4)18(15,5)6/h11,15,20H,7-10H2,1-6H3. The van der Waals surface area contributed by atoms with E-state index in [2.05, 4.69) is 47.6 Å². The minimum Gasteiger partial charge on any atom is -0.396 e. The van der Waals surface area contributed by atoms with Crippen LogP contribution >= 0.6 is 11.3 Å². The number of nitrogens with zero attached hydrogens (tertiary/aromatic N) is 1. The molecule has 1 aliphatic carbocycles. The van der Waals surface area contributed by atoms with Crippen molar-refractivity contribution in [3.05, 3.63) is 16.5 Å². The van der Waals surface area contributed by atoms with Crippen LogP contribution in [0.3, 0.4) is 0 Å². The Bertz CT molecular complexity index is 526. The summed E-state index contributed by atoms with van der Waals surface area (Å²) in [6.07, 6.45) is 1.58. The van der Waals surface area contributed by atoms with Gasteiger partial charge in [-0.2, -0.15) is 0 Å². The summed E-state index contributed by atoms with van der Waals surface area (Å²) in [6.45, 7) is 13.8. The van der Waals surface area contributed by atoms with Crippen molar-refractivity contribution in [1.29, 1.82) is 0 Å². The number of anilines is 1. The number of hydrogen-bond donors (Lipinski definition) is 1. The highest BCUT2D eigenvalue weighted by molar-refractivity contribution is 7.16. The highest BCUT2D eigenvalue weighted by Gasteiger charge is 2.68. The Balaban J connectivity index is 2.23. The smallest absolute Gasteiger partial charge is 0.231 e. The Morgan fingerprint density at radius 3 is 2.23 bits per heavy atom. The van der Waals surface area contributed by atoms with E-state index >= 15 is 0 Å².